The quantitative estimate of drug-likeness (QED) is 0.607. The van der Waals surface area contributed by atoms with Gasteiger partial charge in [0.05, 0.1) is 14.2 Å². The standard InChI is InChI=1S/C12H17NO7S/c1-19-8-3-4-11(10(7-8)20-2)21(17,18)13-6-5-9(14)12(15)16/h3-4,7,9,13-14H,5-6H2,1-2H3,(H,15,16). The second-order valence-electron chi connectivity index (χ2n) is 4.06. The molecule has 8 nitrogen and oxygen atoms in total. The number of rotatable bonds is 8. The van der Waals surface area contributed by atoms with Crippen LogP contribution in [-0.2, 0) is 14.8 Å². The molecule has 3 N–H and O–H groups in total. The van der Waals surface area contributed by atoms with Crippen molar-refractivity contribution in [3.63, 3.8) is 0 Å². The summed E-state index contributed by atoms with van der Waals surface area (Å²) in [6.45, 7) is -0.217. The topological polar surface area (TPSA) is 122 Å². The van der Waals surface area contributed by atoms with Gasteiger partial charge in [0, 0.05) is 12.6 Å². The van der Waals surface area contributed by atoms with E-state index in [4.69, 9.17) is 19.7 Å². The molecule has 1 aromatic rings. The van der Waals surface area contributed by atoms with Crippen LogP contribution in [0, 0.1) is 0 Å². The number of sulfonamides is 1. The number of ether oxygens (including phenoxy) is 2. The van der Waals surface area contributed by atoms with Gasteiger partial charge in [0.2, 0.25) is 10.0 Å². The smallest absolute Gasteiger partial charge is 0.332 e. The third-order valence-corrected chi connectivity index (χ3v) is 4.16. The second kappa shape index (κ2) is 7.25. The van der Waals surface area contributed by atoms with E-state index in [1.54, 1.807) is 0 Å². The maximum absolute atomic E-state index is 12.1. The first-order chi connectivity index (χ1) is 9.81. The average molecular weight is 319 g/mol. The SMILES string of the molecule is COc1ccc(S(=O)(=O)NCCC(O)C(=O)O)c(OC)c1. The van der Waals surface area contributed by atoms with Crippen molar-refractivity contribution in [1.82, 2.24) is 4.72 Å². The highest BCUT2D eigenvalue weighted by molar-refractivity contribution is 7.89. The predicted octanol–water partition coefficient (Wildman–Crippen LogP) is -0.182. The highest BCUT2D eigenvalue weighted by atomic mass is 32.2. The summed E-state index contributed by atoms with van der Waals surface area (Å²) in [6, 6.07) is 4.19. The van der Waals surface area contributed by atoms with Crippen molar-refractivity contribution in [2.45, 2.75) is 17.4 Å². The number of hydrogen-bond donors (Lipinski definition) is 3. The van der Waals surface area contributed by atoms with E-state index in [1.165, 1.54) is 32.4 Å². The number of carboxylic acids is 1. The van der Waals surface area contributed by atoms with E-state index in [0.29, 0.717) is 5.75 Å². The Labute approximate surface area is 122 Å². The Morgan fingerprint density at radius 1 is 1.33 bits per heavy atom. The Kier molecular flexibility index (Phi) is 5.94. The lowest BCUT2D eigenvalue weighted by atomic mass is 10.3. The van der Waals surface area contributed by atoms with Gasteiger partial charge < -0.3 is 19.7 Å². The van der Waals surface area contributed by atoms with Gasteiger partial charge in [-0.15, -0.1) is 0 Å². The van der Waals surface area contributed by atoms with Gasteiger partial charge in [-0.05, 0) is 18.6 Å². The van der Waals surface area contributed by atoms with Crippen LogP contribution in [0.15, 0.2) is 23.1 Å². The number of nitrogens with one attached hydrogen (secondary N) is 1. The zero-order valence-electron chi connectivity index (χ0n) is 11.6. The highest BCUT2D eigenvalue weighted by Crippen LogP contribution is 2.28. The van der Waals surface area contributed by atoms with Gasteiger partial charge in [0.15, 0.2) is 6.10 Å². The molecule has 0 aliphatic carbocycles. The lowest BCUT2D eigenvalue weighted by Crippen LogP contribution is -2.30. The summed E-state index contributed by atoms with van der Waals surface area (Å²) in [5.41, 5.74) is 0. The molecule has 0 aliphatic heterocycles. The number of carbonyl (C=O) groups is 1. The van der Waals surface area contributed by atoms with Crippen LogP contribution in [0.5, 0.6) is 11.5 Å². The summed E-state index contributed by atoms with van der Waals surface area (Å²) in [7, 11) is -1.12. The van der Waals surface area contributed by atoms with Gasteiger partial charge in [-0.2, -0.15) is 0 Å². The third kappa shape index (κ3) is 4.59. The molecular formula is C12H17NO7S. The lowest BCUT2D eigenvalue weighted by molar-refractivity contribution is -0.146. The van der Waals surface area contributed by atoms with Crippen molar-refractivity contribution in [3.8, 4) is 11.5 Å². The van der Waals surface area contributed by atoms with Crippen LogP contribution in [0.25, 0.3) is 0 Å². The Morgan fingerprint density at radius 2 is 2.00 bits per heavy atom. The van der Waals surface area contributed by atoms with E-state index in [-0.39, 0.29) is 23.6 Å². The zero-order chi connectivity index (χ0) is 16.0. The lowest BCUT2D eigenvalue weighted by Gasteiger charge is -2.12. The van der Waals surface area contributed by atoms with E-state index in [1.807, 2.05) is 0 Å². The Bertz CT molecular complexity index is 600. The third-order valence-electron chi connectivity index (χ3n) is 2.66. The van der Waals surface area contributed by atoms with Gasteiger partial charge in [-0.3, -0.25) is 0 Å². The van der Waals surface area contributed by atoms with E-state index in [2.05, 4.69) is 4.72 Å². The molecule has 0 bridgehead atoms. The molecule has 1 unspecified atom stereocenters. The fourth-order valence-electron chi connectivity index (χ4n) is 1.53. The summed E-state index contributed by atoms with van der Waals surface area (Å²) >= 11 is 0. The fourth-order valence-corrected chi connectivity index (χ4v) is 2.72. The summed E-state index contributed by atoms with van der Waals surface area (Å²) in [4.78, 5) is 10.3. The molecule has 0 aliphatic rings. The van der Waals surface area contributed by atoms with Crippen LogP contribution in [-0.4, -0.2) is 51.5 Å². The number of benzene rings is 1. The molecule has 0 heterocycles. The predicted molar refractivity (Wildman–Crippen MR) is 73.0 cm³/mol. The van der Waals surface area contributed by atoms with Crippen LogP contribution in [0.1, 0.15) is 6.42 Å². The molecule has 21 heavy (non-hydrogen) atoms. The summed E-state index contributed by atoms with van der Waals surface area (Å²) in [5, 5.41) is 17.6. The Balaban J connectivity index is 2.85. The molecule has 1 rings (SSSR count). The van der Waals surface area contributed by atoms with Crippen LogP contribution >= 0.6 is 0 Å². The van der Waals surface area contributed by atoms with Crippen LogP contribution < -0.4 is 14.2 Å². The molecule has 9 heteroatoms. The van der Waals surface area contributed by atoms with Gasteiger partial charge in [0.25, 0.3) is 0 Å². The number of methoxy groups -OCH3 is 2. The fraction of sp³-hybridized carbons (Fsp3) is 0.417. The largest absolute Gasteiger partial charge is 0.497 e. The van der Waals surface area contributed by atoms with Crippen molar-refractivity contribution >= 4 is 16.0 Å². The number of aliphatic hydroxyl groups excluding tert-OH is 1. The summed E-state index contributed by atoms with van der Waals surface area (Å²) in [6.07, 6.45) is -1.86. The molecular weight excluding hydrogens is 302 g/mol. The van der Waals surface area contributed by atoms with E-state index < -0.39 is 22.1 Å². The van der Waals surface area contributed by atoms with Crippen LogP contribution in [0.4, 0.5) is 0 Å². The monoisotopic (exact) mass is 319 g/mol. The van der Waals surface area contributed by atoms with Crippen molar-refractivity contribution < 1.29 is 32.9 Å². The van der Waals surface area contributed by atoms with Gasteiger partial charge >= 0.3 is 5.97 Å². The molecule has 0 aromatic heterocycles. The summed E-state index contributed by atoms with van der Waals surface area (Å²) < 4.78 is 36.4. The maximum atomic E-state index is 12.1. The van der Waals surface area contributed by atoms with Crippen molar-refractivity contribution in [1.29, 1.82) is 0 Å². The molecule has 1 atom stereocenters. The molecule has 0 radical (unpaired) electrons. The first-order valence-electron chi connectivity index (χ1n) is 5.94. The normalized spacial score (nSPS) is 12.7. The minimum Gasteiger partial charge on any atom is -0.497 e. The number of aliphatic carboxylic acids is 1. The molecule has 0 fully saturated rings. The first kappa shape index (κ1) is 17.2. The van der Waals surface area contributed by atoms with E-state index >= 15 is 0 Å². The minimum absolute atomic E-state index is 0.0978. The minimum atomic E-state index is -3.88. The molecule has 0 amide bonds. The maximum Gasteiger partial charge on any atom is 0.332 e. The van der Waals surface area contributed by atoms with Gasteiger partial charge in [-0.25, -0.2) is 17.9 Å². The zero-order valence-corrected chi connectivity index (χ0v) is 12.4. The number of carboxylic acid groups (broad SMARTS) is 1. The Hall–Kier alpha value is -1.84. The van der Waals surface area contributed by atoms with Crippen LogP contribution in [0.3, 0.4) is 0 Å². The van der Waals surface area contributed by atoms with Crippen molar-refractivity contribution in [3.05, 3.63) is 18.2 Å². The molecule has 118 valence electrons. The van der Waals surface area contributed by atoms with Crippen molar-refractivity contribution in [2.24, 2.45) is 0 Å². The van der Waals surface area contributed by atoms with Gasteiger partial charge in [-0.1, -0.05) is 0 Å². The Morgan fingerprint density at radius 3 is 2.52 bits per heavy atom. The average Bonchev–Trinajstić information content (AvgIpc) is 2.45. The molecule has 1 aromatic carbocycles. The summed E-state index contributed by atoms with van der Waals surface area (Å²) in [5.74, 6) is -0.871. The molecule has 0 saturated carbocycles. The first-order valence-corrected chi connectivity index (χ1v) is 7.42. The highest BCUT2D eigenvalue weighted by Gasteiger charge is 2.21. The van der Waals surface area contributed by atoms with E-state index in [9.17, 15) is 13.2 Å². The van der Waals surface area contributed by atoms with Gasteiger partial charge in [0.1, 0.15) is 16.4 Å². The number of hydrogen-bond acceptors (Lipinski definition) is 6. The second-order valence-corrected chi connectivity index (χ2v) is 5.79. The van der Waals surface area contributed by atoms with E-state index in [0.717, 1.165) is 0 Å². The van der Waals surface area contributed by atoms with Crippen molar-refractivity contribution in [2.75, 3.05) is 20.8 Å². The number of aliphatic hydroxyl groups is 1. The van der Waals surface area contributed by atoms with Crippen LogP contribution in [0.2, 0.25) is 0 Å². The molecule has 0 saturated heterocycles. The molecule has 0 spiro atoms.